The van der Waals surface area contributed by atoms with E-state index >= 15 is 0 Å². The summed E-state index contributed by atoms with van der Waals surface area (Å²) < 4.78 is 21.9. The minimum atomic E-state index is -0.298. The fourth-order valence-corrected chi connectivity index (χ4v) is 6.32. The Balaban J connectivity index is 1.37. The third-order valence-corrected chi connectivity index (χ3v) is 8.03. The number of halogens is 1. The van der Waals surface area contributed by atoms with Crippen molar-refractivity contribution in [1.82, 2.24) is 19.7 Å². The van der Waals surface area contributed by atoms with Gasteiger partial charge in [-0.15, -0.1) is 22.0 Å². The third kappa shape index (κ3) is 4.80. The quantitative estimate of drug-likeness (QED) is 0.477. The summed E-state index contributed by atoms with van der Waals surface area (Å²) >= 11 is 2.96. The van der Waals surface area contributed by atoms with Crippen LogP contribution in [0.15, 0.2) is 53.7 Å². The summed E-state index contributed by atoms with van der Waals surface area (Å²) in [5.41, 5.74) is 2.65. The Kier molecular flexibility index (Phi) is 7.07. The molecule has 0 unspecified atom stereocenters. The highest BCUT2D eigenvalue weighted by atomic mass is 32.2. The van der Waals surface area contributed by atoms with Crippen molar-refractivity contribution >= 4 is 35.4 Å². The first-order valence-corrected chi connectivity index (χ1v) is 13.3. The van der Waals surface area contributed by atoms with Gasteiger partial charge in [-0.05, 0) is 30.7 Å². The standard InChI is InChI=1S/C24H26FN5O2S2/c1-17-5-4-6-18(15-17)30-23(28-9-12-32-13-10-28)26-27-24(30)34-16-21(31)29-11-14-33-22(29)19-7-2-3-8-20(19)25/h2-8,15,22H,9-14,16H2,1H3/t22-/m1/s1. The van der Waals surface area contributed by atoms with Gasteiger partial charge >= 0.3 is 0 Å². The number of aryl methyl sites for hydroxylation is 1. The van der Waals surface area contributed by atoms with Crippen LogP contribution in [-0.4, -0.2) is 69.9 Å². The lowest BCUT2D eigenvalue weighted by atomic mass is 10.2. The molecule has 1 amide bonds. The highest BCUT2D eigenvalue weighted by Gasteiger charge is 2.32. The highest BCUT2D eigenvalue weighted by molar-refractivity contribution is 8.00. The first kappa shape index (κ1) is 23.2. The Morgan fingerprint density at radius 1 is 1.15 bits per heavy atom. The molecule has 0 bridgehead atoms. The van der Waals surface area contributed by atoms with Gasteiger partial charge in [-0.1, -0.05) is 42.1 Å². The molecule has 2 saturated heterocycles. The Labute approximate surface area is 206 Å². The van der Waals surface area contributed by atoms with Crippen LogP contribution in [0.1, 0.15) is 16.5 Å². The smallest absolute Gasteiger partial charge is 0.234 e. The number of amides is 1. The molecule has 2 aliphatic rings. The van der Waals surface area contributed by atoms with E-state index in [9.17, 15) is 9.18 Å². The molecule has 2 aromatic carbocycles. The predicted octanol–water partition coefficient (Wildman–Crippen LogP) is 3.92. The lowest BCUT2D eigenvalue weighted by Gasteiger charge is -2.28. The van der Waals surface area contributed by atoms with E-state index in [1.54, 1.807) is 28.8 Å². The van der Waals surface area contributed by atoms with Crippen LogP contribution in [0.3, 0.4) is 0 Å². The first-order chi connectivity index (χ1) is 16.6. The topological polar surface area (TPSA) is 63.5 Å². The number of carbonyl (C=O) groups is 1. The number of carbonyl (C=O) groups excluding carboxylic acids is 1. The van der Waals surface area contributed by atoms with E-state index in [1.165, 1.54) is 17.8 Å². The summed E-state index contributed by atoms with van der Waals surface area (Å²) in [5.74, 6) is 1.44. The summed E-state index contributed by atoms with van der Waals surface area (Å²) in [6.45, 7) is 5.42. The van der Waals surface area contributed by atoms with Gasteiger partial charge in [-0.25, -0.2) is 4.39 Å². The lowest BCUT2D eigenvalue weighted by Crippen LogP contribution is -2.38. The molecule has 0 radical (unpaired) electrons. The van der Waals surface area contributed by atoms with Crippen molar-refractivity contribution < 1.29 is 13.9 Å². The molecule has 0 N–H and O–H groups in total. The van der Waals surface area contributed by atoms with Crippen molar-refractivity contribution in [1.29, 1.82) is 0 Å². The second-order valence-corrected chi connectivity index (χ2v) is 10.3. The van der Waals surface area contributed by atoms with E-state index in [0.717, 1.165) is 36.0 Å². The summed E-state index contributed by atoms with van der Waals surface area (Å²) in [7, 11) is 0. The van der Waals surface area contributed by atoms with Crippen LogP contribution in [0.2, 0.25) is 0 Å². The Morgan fingerprint density at radius 2 is 1.97 bits per heavy atom. The molecule has 3 heterocycles. The number of morpholine rings is 1. The molecular weight excluding hydrogens is 473 g/mol. The summed E-state index contributed by atoms with van der Waals surface area (Å²) in [6.07, 6.45) is 0. The minimum absolute atomic E-state index is 0.0324. The van der Waals surface area contributed by atoms with Crippen LogP contribution >= 0.6 is 23.5 Å². The van der Waals surface area contributed by atoms with Crippen LogP contribution in [0.25, 0.3) is 5.69 Å². The van der Waals surface area contributed by atoms with Gasteiger partial charge in [0.1, 0.15) is 11.2 Å². The number of nitrogens with zero attached hydrogens (tertiary/aromatic N) is 5. The van der Waals surface area contributed by atoms with Gasteiger partial charge in [0.2, 0.25) is 11.9 Å². The molecule has 2 aliphatic heterocycles. The fourth-order valence-electron chi connectivity index (χ4n) is 4.18. The zero-order chi connectivity index (χ0) is 23.5. The minimum Gasteiger partial charge on any atom is -0.378 e. The van der Waals surface area contributed by atoms with Gasteiger partial charge in [0.15, 0.2) is 5.16 Å². The van der Waals surface area contributed by atoms with Crippen molar-refractivity contribution in [2.45, 2.75) is 17.5 Å². The maximum absolute atomic E-state index is 14.4. The first-order valence-electron chi connectivity index (χ1n) is 11.3. The predicted molar refractivity (Wildman–Crippen MR) is 133 cm³/mol. The summed E-state index contributed by atoms with van der Waals surface area (Å²) in [5, 5.41) is 9.29. The lowest BCUT2D eigenvalue weighted by molar-refractivity contribution is -0.128. The highest BCUT2D eigenvalue weighted by Crippen LogP contribution is 2.39. The number of hydrogen-bond donors (Lipinski definition) is 0. The van der Waals surface area contributed by atoms with E-state index in [2.05, 4.69) is 21.2 Å². The number of ether oxygens (including phenoxy) is 1. The number of benzene rings is 2. The van der Waals surface area contributed by atoms with Crippen LogP contribution in [-0.2, 0) is 9.53 Å². The molecule has 10 heteroatoms. The maximum atomic E-state index is 14.4. The zero-order valence-electron chi connectivity index (χ0n) is 18.9. The maximum Gasteiger partial charge on any atom is 0.234 e. The second-order valence-electron chi connectivity index (χ2n) is 8.18. The van der Waals surface area contributed by atoms with Gasteiger partial charge in [0, 0.05) is 31.0 Å². The molecule has 0 saturated carbocycles. The van der Waals surface area contributed by atoms with Crippen LogP contribution in [0.4, 0.5) is 10.3 Å². The zero-order valence-corrected chi connectivity index (χ0v) is 20.5. The molecular formula is C24H26FN5O2S2. The SMILES string of the molecule is Cc1cccc(-n2c(SCC(=O)N3CCS[C@@H]3c3ccccc3F)nnc2N2CCOCC2)c1. The van der Waals surface area contributed by atoms with E-state index in [-0.39, 0.29) is 22.9 Å². The van der Waals surface area contributed by atoms with Crippen molar-refractivity contribution in [2.24, 2.45) is 0 Å². The van der Waals surface area contributed by atoms with E-state index in [0.29, 0.717) is 30.5 Å². The Morgan fingerprint density at radius 3 is 2.76 bits per heavy atom. The molecule has 3 aromatic rings. The molecule has 2 fully saturated rings. The van der Waals surface area contributed by atoms with Crippen molar-refractivity contribution in [3.63, 3.8) is 0 Å². The summed E-state index contributed by atoms with van der Waals surface area (Å²) in [4.78, 5) is 17.1. The van der Waals surface area contributed by atoms with Crippen molar-refractivity contribution in [2.75, 3.05) is 49.3 Å². The van der Waals surface area contributed by atoms with Gasteiger partial charge in [-0.3, -0.25) is 9.36 Å². The average molecular weight is 500 g/mol. The number of anilines is 1. The second kappa shape index (κ2) is 10.4. The summed E-state index contributed by atoms with van der Waals surface area (Å²) in [6, 6.07) is 14.9. The van der Waals surface area contributed by atoms with Crippen LogP contribution in [0, 0.1) is 12.7 Å². The van der Waals surface area contributed by atoms with E-state index < -0.39 is 0 Å². The fraction of sp³-hybridized carbons (Fsp3) is 0.375. The normalized spacial score (nSPS) is 18.5. The molecule has 0 spiro atoms. The Bertz CT molecular complexity index is 1170. The van der Waals surface area contributed by atoms with Gasteiger partial charge in [0.05, 0.1) is 24.7 Å². The van der Waals surface area contributed by atoms with Crippen LogP contribution in [0.5, 0.6) is 0 Å². The molecule has 1 atom stereocenters. The molecule has 0 aliphatic carbocycles. The van der Waals surface area contributed by atoms with E-state index in [1.807, 2.05) is 35.8 Å². The molecule has 5 rings (SSSR count). The molecule has 7 nitrogen and oxygen atoms in total. The number of aromatic nitrogens is 3. The molecule has 34 heavy (non-hydrogen) atoms. The number of rotatable bonds is 6. The largest absolute Gasteiger partial charge is 0.378 e. The van der Waals surface area contributed by atoms with Gasteiger partial charge < -0.3 is 14.5 Å². The van der Waals surface area contributed by atoms with Crippen LogP contribution < -0.4 is 4.90 Å². The van der Waals surface area contributed by atoms with E-state index in [4.69, 9.17) is 4.74 Å². The van der Waals surface area contributed by atoms with Gasteiger partial charge in [0.25, 0.3) is 0 Å². The molecule has 178 valence electrons. The number of hydrogen-bond acceptors (Lipinski definition) is 7. The van der Waals surface area contributed by atoms with Crippen molar-refractivity contribution in [3.8, 4) is 5.69 Å². The third-order valence-electron chi connectivity index (χ3n) is 5.88. The monoisotopic (exact) mass is 499 g/mol. The molecule has 1 aromatic heterocycles. The van der Waals surface area contributed by atoms with Crippen molar-refractivity contribution in [3.05, 3.63) is 65.5 Å². The van der Waals surface area contributed by atoms with Gasteiger partial charge in [-0.2, -0.15) is 0 Å². The number of thioether (sulfide) groups is 2. The Hall–Kier alpha value is -2.56. The average Bonchev–Trinajstić information content (AvgIpc) is 3.51.